The molecule has 0 spiro atoms. The summed E-state index contributed by atoms with van der Waals surface area (Å²) in [5.41, 5.74) is 2.18. The van der Waals surface area contributed by atoms with E-state index in [1.54, 1.807) is 7.11 Å². The van der Waals surface area contributed by atoms with Crippen molar-refractivity contribution in [3.8, 4) is 11.5 Å². The number of nitrogens with one attached hydrogen (secondary N) is 1. The molecule has 0 radical (unpaired) electrons. The molecule has 1 N–H and O–H groups in total. The molecule has 25 heavy (non-hydrogen) atoms. The summed E-state index contributed by atoms with van der Waals surface area (Å²) in [6.07, 6.45) is 1.16. The highest BCUT2D eigenvalue weighted by molar-refractivity contribution is 6.32. The average Bonchev–Trinajstić information content (AvgIpc) is 2.58. The lowest BCUT2D eigenvalue weighted by Crippen LogP contribution is -2.16. The molecule has 0 unspecified atom stereocenters. The van der Waals surface area contributed by atoms with Crippen molar-refractivity contribution in [3.05, 3.63) is 58.6 Å². The summed E-state index contributed by atoms with van der Waals surface area (Å²) >= 11 is 6.41. The minimum absolute atomic E-state index is 0. The van der Waals surface area contributed by atoms with Crippen molar-refractivity contribution >= 4 is 24.0 Å². The summed E-state index contributed by atoms with van der Waals surface area (Å²) in [5, 5.41) is 4.01. The SMILES string of the molecule is COc1cc(CNCCC(C)C)cc(Cl)c1OCc1ccccc1.Cl. The van der Waals surface area contributed by atoms with Crippen molar-refractivity contribution in [3.63, 3.8) is 0 Å². The van der Waals surface area contributed by atoms with E-state index in [0.29, 0.717) is 29.0 Å². The Balaban J connectivity index is 0.00000312. The summed E-state index contributed by atoms with van der Waals surface area (Å²) in [5.74, 6) is 1.96. The molecule has 0 bridgehead atoms. The summed E-state index contributed by atoms with van der Waals surface area (Å²) in [6, 6.07) is 13.9. The first-order valence-electron chi connectivity index (χ1n) is 8.34. The minimum Gasteiger partial charge on any atom is -0.493 e. The lowest BCUT2D eigenvalue weighted by Gasteiger charge is -2.15. The van der Waals surface area contributed by atoms with E-state index in [4.69, 9.17) is 21.1 Å². The lowest BCUT2D eigenvalue weighted by atomic mass is 10.1. The fourth-order valence-electron chi connectivity index (χ4n) is 2.37. The Kier molecular flexibility index (Phi) is 9.73. The first kappa shape index (κ1) is 21.6. The molecule has 0 heterocycles. The number of rotatable bonds is 9. The van der Waals surface area contributed by atoms with Crippen LogP contribution in [0.25, 0.3) is 0 Å². The first-order chi connectivity index (χ1) is 11.6. The monoisotopic (exact) mass is 383 g/mol. The third kappa shape index (κ3) is 7.15. The van der Waals surface area contributed by atoms with Crippen molar-refractivity contribution in [2.75, 3.05) is 13.7 Å². The molecular formula is C20H27Cl2NO2. The van der Waals surface area contributed by atoms with Gasteiger partial charge in [-0.1, -0.05) is 55.8 Å². The van der Waals surface area contributed by atoms with E-state index in [-0.39, 0.29) is 12.4 Å². The summed E-state index contributed by atoms with van der Waals surface area (Å²) in [7, 11) is 1.64. The Morgan fingerprint density at radius 3 is 2.44 bits per heavy atom. The van der Waals surface area contributed by atoms with Gasteiger partial charge in [-0.3, -0.25) is 0 Å². The molecule has 0 aliphatic heterocycles. The predicted molar refractivity (Wildman–Crippen MR) is 107 cm³/mol. The van der Waals surface area contributed by atoms with Crippen LogP contribution in [0.5, 0.6) is 11.5 Å². The van der Waals surface area contributed by atoms with Gasteiger partial charge in [0.05, 0.1) is 12.1 Å². The Labute approximate surface area is 162 Å². The molecule has 0 fully saturated rings. The van der Waals surface area contributed by atoms with Crippen LogP contribution >= 0.6 is 24.0 Å². The van der Waals surface area contributed by atoms with Gasteiger partial charge in [-0.15, -0.1) is 12.4 Å². The molecule has 5 heteroatoms. The number of benzene rings is 2. The molecule has 0 amide bonds. The Hall–Kier alpha value is -1.42. The molecule has 0 aliphatic rings. The molecule has 2 rings (SSSR count). The van der Waals surface area contributed by atoms with Crippen LogP contribution in [0, 0.1) is 5.92 Å². The van der Waals surface area contributed by atoms with Gasteiger partial charge in [-0.2, -0.15) is 0 Å². The van der Waals surface area contributed by atoms with Crippen molar-refractivity contribution in [1.82, 2.24) is 5.32 Å². The second kappa shape index (κ2) is 11.2. The lowest BCUT2D eigenvalue weighted by molar-refractivity contribution is 0.284. The van der Waals surface area contributed by atoms with Gasteiger partial charge in [0.15, 0.2) is 11.5 Å². The maximum atomic E-state index is 6.41. The zero-order valence-electron chi connectivity index (χ0n) is 15.0. The number of methoxy groups -OCH3 is 1. The van der Waals surface area contributed by atoms with Gasteiger partial charge in [0.2, 0.25) is 0 Å². The van der Waals surface area contributed by atoms with Gasteiger partial charge in [0.25, 0.3) is 0 Å². The van der Waals surface area contributed by atoms with E-state index >= 15 is 0 Å². The molecule has 2 aromatic rings. The topological polar surface area (TPSA) is 30.5 Å². The van der Waals surface area contributed by atoms with Crippen LogP contribution in [0.2, 0.25) is 5.02 Å². The zero-order chi connectivity index (χ0) is 17.4. The number of hydrogen-bond donors (Lipinski definition) is 1. The summed E-state index contributed by atoms with van der Waals surface area (Å²) < 4.78 is 11.3. The van der Waals surface area contributed by atoms with Crippen molar-refractivity contribution in [1.29, 1.82) is 0 Å². The second-order valence-corrected chi connectivity index (χ2v) is 6.65. The Morgan fingerprint density at radius 2 is 1.80 bits per heavy atom. The third-order valence-electron chi connectivity index (χ3n) is 3.74. The predicted octanol–water partition coefficient (Wildman–Crippen LogP) is 5.49. The van der Waals surface area contributed by atoms with E-state index in [9.17, 15) is 0 Å². The number of halogens is 2. The molecule has 2 aromatic carbocycles. The first-order valence-corrected chi connectivity index (χ1v) is 8.71. The molecular weight excluding hydrogens is 357 g/mol. The molecule has 0 atom stereocenters. The molecule has 0 aliphatic carbocycles. The quantitative estimate of drug-likeness (QED) is 0.581. The number of hydrogen-bond acceptors (Lipinski definition) is 3. The second-order valence-electron chi connectivity index (χ2n) is 6.24. The van der Waals surface area contributed by atoms with Gasteiger partial charge in [0.1, 0.15) is 6.61 Å². The van der Waals surface area contributed by atoms with E-state index < -0.39 is 0 Å². The maximum absolute atomic E-state index is 6.41. The standard InChI is InChI=1S/C20H26ClNO2.ClH/c1-15(2)9-10-22-13-17-11-18(21)20(19(12-17)23-3)24-14-16-7-5-4-6-8-16;/h4-8,11-12,15,22H,9-10,13-14H2,1-3H3;1H. The highest BCUT2D eigenvalue weighted by atomic mass is 35.5. The fraction of sp³-hybridized carbons (Fsp3) is 0.400. The van der Waals surface area contributed by atoms with Crippen LogP contribution in [0.15, 0.2) is 42.5 Å². The molecule has 0 saturated heterocycles. The smallest absolute Gasteiger partial charge is 0.180 e. The van der Waals surface area contributed by atoms with Crippen LogP contribution < -0.4 is 14.8 Å². The highest BCUT2D eigenvalue weighted by Crippen LogP contribution is 2.37. The van der Waals surface area contributed by atoms with Gasteiger partial charge >= 0.3 is 0 Å². The van der Waals surface area contributed by atoms with Gasteiger partial charge < -0.3 is 14.8 Å². The highest BCUT2D eigenvalue weighted by Gasteiger charge is 2.12. The third-order valence-corrected chi connectivity index (χ3v) is 4.02. The maximum Gasteiger partial charge on any atom is 0.180 e. The summed E-state index contributed by atoms with van der Waals surface area (Å²) in [6.45, 7) is 6.66. The summed E-state index contributed by atoms with van der Waals surface area (Å²) in [4.78, 5) is 0. The molecule has 0 saturated carbocycles. The molecule has 3 nitrogen and oxygen atoms in total. The minimum atomic E-state index is 0. The fourth-order valence-corrected chi connectivity index (χ4v) is 2.66. The van der Waals surface area contributed by atoms with Crippen molar-refractivity contribution < 1.29 is 9.47 Å². The van der Waals surface area contributed by atoms with E-state index in [1.165, 1.54) is 0 Å². The van der Waals surface area contributed by atoms with Crippen LogP contribution in [0.4, 0.5) is 0 Å². The number of ether oxygens (including phenoxy) is 2. The van der Waals surface area contributed by atoms with Crippen LogP contribution in [0.3, 0.4) is 0 Å². The van der Waals surface area contributed by atoms with E-state index in [2.05, 4.69) is 19.2 Å². The normalized spacial score (nSPS) is 10.4. The van der Waals surface area contributed by atoms with Gasteiger partial charge in [-0.25, -0.2) is 0 Å². The Bertz CT molecular complexity index is 633. The Morgan fingerprint density at radius 1 is 1.08 bits per heavy atom. The van der Waals surface area contributed by atoms with Gasteiger partial charge in [0, 0.05) is 6.54 Å². The van der Waals surface area contributed by atoms with E-state index in [0.717, 1.165) is 30.6 Å². The van der Waals surface area contributed by atoms with Crippen LogP contribution in [-0.4, -0.2) is 13.7 Å². The van der Waals surface area contributed by atoms with E-state index in [1.807, 2.05) is 42.5 Å². The average molecular weight is 384 g/mol. The zero-order valence-corrected chi connectivity index (χ0v) is 16.6. The van der Waals surface area contributed by atoms with Crippen molar-refractivity contribution in [2.45, 2.75) is 33.4 Å². The van der Waals surface area contributed by atoms with Crippen LogP contribution in [-0.2, 0) is 13.2 Å². The van der Waals surface area contributed by atoms with Gasteiger partial charge in [-0.05, 0) is 42.1 Å². The molecule has 138 valence electrons. The van der Waals surface area contributed by atoms with Crippen LogP contribution in [0.1, 0.15) is 31.4 Å². The van der Waals surface area contributed by atoms with Crippen molar-refractivity contribution in [2.24, 2.45) is 5.92 Å². The largest absolute Gasteiger partial charge is 0.493 e. The molecule has 0 aromatic heterocycles.